The van der Waals surface area contributed by atoms with Crippen molar-refractivity contribution in [3.05, 3.63) is 64.5 Å². The molecule has 0 saturated carbocycles. The first-order valence-corrected chi connectivity index (χ1v) is 6.72. The summed E-state index contributed by atoms with van der Waals surface area (Å²) in [6.45, 7) is 5.11. The lowest BCUT2D eigenvalue weighted by atomic mass is 10.1. The molecule has 1 N–H and O–H groups in total. The van der Waals surface area contributed by atoms with E-state index in [9.17, 15) is 4.39 Å². The molecule has 0 radical (unpaired) electrons. The second kappa shape index (κ2) is 6.53. The van der Waals surface area contributed by atoms with Gasteiger partial charge in [-0.1, -0.05) is 24.3 Å². The Labute approximate surface area is 119 Å². The molecule has 106 valence electrons. The van der Waals surface area contributed by atoms with Gasteiger partial charge in [0.05, 0.1) is 0 Å². The van der Waals surface area contributed by atoms with E-state index < -0.39 is 0 Å². The third-order valence-electron chi connectivity index (χ3n) is 3.34. The normalized spacial score (nSPS) is 10.6. The zero-order valence-electron chi connectivity index (χ0n) is 12.2. The zero-order chi connectivity index (χ0) is 14.5. The van der Waals surface area contributed by atoms with Crippen molar-refractivity contribution >= 4 is 0 Å². The smallest absolute Gasteiger partial charge is 0.127 e. The Morgan fingerprint density at radius 3 is 2.60 bits per heavy atom. The summed E-state index contributed by atoms with van der Waals surface area (Å²) in [5, 5.41) is 3.13. The topological polar surface area (TPSA) is 21.3 Å². The summed E-state index contributed by atoms with van der Waals surface area (Å²) in [7, 11) is 1.91. The average Bonchev–Trinajstić information content (AvgIpc) is 2.42. The molecule has 2 aromatic rings. The molecule has 0 amide bonds. The minimum absolute atomic E-state index is 0.227. The Kier molecular flexibility index (Phi) is 4.74. The van der Waals surface area contributed by atoms with E-state index in [0.29, 0.717) is 6.61 Å². The Hall–Kier alpha value is -1.87. The van der Waals surface area contributed by atoms with Gasteiger partial charge in [0.2, 0.25) is 0 Å². The minimum Gasteiger partial charge on any atom is -0.488 e. The highest BCUT2D eigenvalue weighted by Crippen LogP contribution is 2.25. The molecule has 0 heterocycles. The lowest BCUT2D eigenvalue weighted by Crippen LogP contribution is -2.09. The van der Waals surface area contributed by atoms with Gasteiger partial charge in [-0.25, -0.2) is 4.39 Å². The number of aryl methyl sites for hydroxylation is 2. The number of ether oxygens (including phenoxy) is 1. The monoisotopic (exact) mass is 273 g/mol. The summed E-state index contributed by atoms with van der Waals surface area (Å²) in [6.07, 6.45) is 0. The first-order chi connectivity index (χ1) is 9.61. The first-order valence-electron chi connectivity index (χ1n) is 6.72. The van der Waals surface area contributed by atoms with E-state index in [-0.39, 0.29) is 5.82 Å². The third-order valence-corrected chi connectivity index (χ3v) is 3.34. The fourth-order valence-corrected chi connectivity index (χ4v) is 2.19. The fraction of sp³-hybridized carbons (Fsp3) is 0.294. The maximum atomic E-state index is 13.3. The van der Waals surface area contributed by atoms with E-state index in [1.54, 1.807) is 6.07 Å². The molecule has 0 atom stereocenters. The highest BCUT2D eigenvalue weighted by molar-refractivity contribution is 5.41. The molecular weight excluding hydrogens is 253 g/mol. The summed E-state index contributed by atoms with van der Waals surface area (Å²) >= 11 is 0. The molecule has 0 fully saturated rings. The Morgan fingerprint density at radius 2 is 1.85 bits per heavy atom. The van der Waals surface area contributed by atoms with Crippen molar-refractivity contribution < 1.29 is 9.13 Å². The molecule has 2 nitrogen and oxygen atoms in total. The molecule has 0 saturated heterocycles. The number of nitrogens with one attached hydrogen (secondary N) is 1. The Morgan fingerprint density at radius 1 is 1.05 bits per heavy atom. The van der Waals surface area contributed by atoms with Crippen LogP contribution in [0.4, 0.5) is 4.39 Å². The van der Waals surface area contributed by atoms with Crippen LogP contribution in [0.15, 0.2) is 36.4 Å². The number of rotatable bonds is 5. The van der Waals surface area contributed by atoms with E-state index in [4.69, 9.17) is 4.74 Å². The number of benzene rings is 2. The molecular formula is C17H20FNO. The van der Waals surface area contributed by atoms with Crippen LogP contribution in [-0.4, -0.2) is 7.05 Å². The average molecular weight is 273 g/mol. The SMILES string of the molecule is CNCc1cccc(C)c1OCc1cc(F)ccc1C. The van der Waals surface area contributed by atoms with Gasteiger partial charge in [-0.15, -0.1) is 0 Å². The molecule has 0 unspecified atom stereocenters. The van der Waals surface area contributed by atoms with Crippen LogP contribution in [-0.2, 0) is 13.2 Å². The fourth-order valence-electron chi connectivity index (χ4n) is 2.19. The quantitative estimate of drug-likeness (QED) is 0.896. The van der Waals surface area contributed by atoms with Crippen LogP contribution in [0.3, 0.4) is 0 Å². The first kappa shape index (κ1) is 14.5. The van der Waals surface area contributed by atoms with Crippen molar-refractivity contribution in [2.24, 2.45) is 0 Å². The molecule has 0 aromatic heterocycles. The number of hydrogen-bond acceptors (Lipinski definition) is 2. The van der Waals surface area contributed by atoms with Crippen LogP contribution < -0.4 is 10.1 Å². The largest absolute Gasteiger partial charge is 0.488 e. The standard InChI is InChI=1S/C17H20FNO/c1-12-7-8-16(18)9-15(12)11-20-17-13(2)5-4-6-14(17)10-19-3/h4-9,19H,10-11H2,1-3H3. The van der Waals surface area contributed by atoms with E-state index >= 15 is 0 Å². The van der Waals surface area contributed by atoms with Gasteiger partial charge in [0, 0.05) is 12.1 Å². The second-order valence-electron chi connectivity index (χ2n) is 4.95. The third kappa shape index (κ3) is 3.36. The molecule has 0 aliphatic rings. The van der Waals surface area contributed by atoms with Crippen LogP contribution in [0.25, 0.3) is 0 Å². The maximum absolute atomic E-state index is 13.3. The van der Waals surface area contributed by atoms with Gasteiger partial charge in [-0.2, -0.15) is 0 Å². The molecule has 2 rings (SSSR count). The van der Waals surface area contributed by atoms with Crippen LogP contribution in [0.2, 0.25) is 0 Å². The number of para-hydroxylation sites is 1. The van der Waals surface area contributed by atoms with Crippen molar-refractivity contribution in [2.45, 2.75) is 27.0 Å². The minimum atomic E-state index is -0.227. The van der Waals surface area contributed by atoms with E-state index in [1.807, 2.05) is 39.1 Å². The summed E-state index contributed by atoms with van der Waals surface area (Å²) in [5.41, 5.74) is 4.12. The van der Waals surface area contributed by atoms with Gasteiger partial charge in [0.1, 0.15) is 18.2 Å². The van der Waals surface area contributed by atoms with Crippen LogP contribution in [0, 0.1) is 19.7 Å². The summed E-state index contributed by atoms with van der Waals surface area (Å²) in [5.74, 6) is 0.653. The Bertz CT molecular complexity index is 596. The predicted octanol–water partition coefficient (Wildman–Crippen LogP) is 3.74. The summed E-state index contributed by atoms with van der Waals surface area (Å²) in [6, 6.07) is 10.9. The molecule has 0 aliphatic heterocycles. The van der Waals surface area contributed by atoms with Gasteiger partial charge in [0.15, 0.2) is 0 Å². The van der Waals surface area contributed by atoms with Crippen LogP contribution in [0.5, 0.6) is 5.75 Å². The highest BCUT2D eigenvalue weighted by Gasteiger charge is 2.08. The lowest BCUT2D eigenvalue weighted by Gasteiger charge is -2.15. The number of halogens is 1. The van der Waals surface area contributed by atoms with Crippen LogP contribution >= 0.6 is 0 Å². The van der Waals surface area contributed by atoms with Crippen molar-refractivity contribution in [3.63, 3.8) is 0 Å². The Balaban J connectivity index is 2.20. The maximum Gasteiger partial charge on any atom is 0.127 e. The summed E-state index contributed by atoms with van der Waals surface area (Å²) < 4.78 is 19.2. The van der Waals surface area contributed by atoms with E-state index in [0.717, 1.165) is 34.5 Å². The van der Waals surface area contributed by atoms with E-state index in [2.05, 4.69) is 5.32 Å². The molecule has 3 heteroatoms. The molecule has 0 bridgehead atoms. The second-order valence-corrected chi connectivity index (χ2v) is 4.95. The van der Waals surface area contributed by atoms with E-state index in [1.165, 1.54) is 12.1 Å². The lowest BCUT2D eigenvalue weighted by molar-refractivity contribution is 0.299. The molecule has 0 spiro atoms. The summed E-state index contributed by atoms with van der Waals surface area (Å²) in [4.78, 5) is 0. The molecule has 2 aromatic carbocycles. The van der Waals surface area contributed by atoms with Crippen molar-refractivity contribution in [1.29, 1.82) is 0 Å². The zero-order valence-corrected chi connectivity index (χ0v) is 12.2. The van der Waals surface area contributed by atoms with Gasteiger partial charge < -0.3 is 10.1 Å². The van der Waals surface area contributed by atoms with Crippen molar-refractivity contribution in [2.75, 3.05) is 7.05 Å². The van der Waals surface area contributed by atoms with Crippen molar-refractivity contribution in [3.8, 4) is 5.75 Å². The van der Waals surface area contributed by atoms with Crippen molar-refractivity contribution in [1.82, 2.24) is 5.32 Å². The molecule has 0 aliphatic carbocycles. The van der Waals surface area contributed by atoms with Gasteiger partial charge >= 0.3 is 0 Å². The van der Waals surface area contributed by atoms with Gasteiger partial charge in [0.25, 0.3) is 0 Å². The van der Waals surface area contributed by atoms with Gasteiger partial charge in [-0.3, -0.25) is 0 Å². The highest BCUT2D eigenvalue weighted by atomic mass is 19.1. The predicted molar refractivity (Wildman–Crippen MR) is 79.4 cm³/mol. The molecule has 20 heavy (non-hydrogen) atoms. The number of hydrogen-bond donors (Lipinski definition) is 1. The van der Waals surface area contributed by atoms with Gasteiger partial charge in [-0.05, 0) is 49.7 Å². The van der Waals surface area contributed by atoms with Crippen LogP contribution in [0.1, 0.15) is 22.3 Å².